The van der Waals surface area contributed by atoms with Crippen molar-refractivity contribution < 1.29 is 19.0 Å². The number of carbonyl (C=O) groups is 1. The van der Waals surface area contributed by atoms with E-state index in [0.29, 0.717) is 16.5 Å². The van der Waals surface area contributed by atoms with Gasteiger partial charge in [-0.05, 0) is 18.9 Å². The quantitative estimate of drug-likeness (QED) is 0.713. The molecule has 2 aliphatic rings. The second-order valence-corrected chi connectivity index (χ2v) is 6.55. The molecule has 0 radical (unpaired) electrons. The molecule has 132 valence electrons. The van der Waals surface area contributed by atoms with E-state index in [4.69, 9.17) is 25.8 Å². The first-order valence-electron chi connectivity index (χ1n) is 8.35. The second-order valence-electron chi connectivity index (χ2n) is 6.12. The molecule has 0 amide bonds. The number of hydrogen-bond donors (Lipinski definition) is 0. The van der Waals surface area contributed by atoms with Gasteiger partial charge in [-0.2, -0.15) is 0 Å². The molecule has 1 aliphatic carbocycles. The van der Waals surface area contributed by atoms with Gasteiger partial charge in [0.1, 0.15) is 5.56 Å². The van der Waals surface area contributed by atoms with Crippen molar-refractivity contribution in [1.29, 1.82) is 0 Å². The van der Waals surface area contributed by atoms with Crippen LogP contribution < -0.4 is 9.47 Å². The first kappa shape index (κ1) is 16.7. The highest BCUT2D eigenvalue weighted by Gasteiger charge is 2.48. The van der Waals surface area contributed by atoms with Crippen LogP contribution in [-0.4, -0.2) is 13.1 Å². The van der Waals surface area contributed by atoms with Gasteiger partial charge in [0.25, 0.3) is 0 Å². The van der Waals surface area contributed by atoms with Crippen LogP contribution in [-0.2, 0) is 10.5 Å². The van der Waals surface area contributed by atoms with Crippen molar-refractivity contribution in [3.63, 3.8) is 0 Å². The fourth-order valence-electron chi connectivity index (χ4n) is 3.30. The van der Waals surface area contributed by atoms with E-state index in [2.05, 4.69) is 6.08 Å². The number of esters is 1. The highest BCUT2D eigenvalue weighted by atomic mass is 35.5. The summed E-state index contributed by atoms with van der Waals surface area (Å²) in [4.78, 5) is 12.2. The van der Waals surface area contributed by atoms with Crippen molar-refractivity contribution in [2.24, 2.45) is 0 Å². The first-order chi connectivity index (χ1) is 12.6. The molecule has 0 saturated carbocycles. The van der Waals surface area contributed by atoms with Crippen molar-refractivity contribution in [3.8, 4) is 11.5 Å². The smallest absolute Gasteiger partial charge is 0.341 e. The van der Waals surface area contributed by atoms with Gasteiger partial charge in [0.2, 0.25) is 0 Å². The summed E-state index contributed by atoms with van der Waals surface area (Å²) in [5.41, 5.74) is 2.08. The summed E-state index contributed by atoms with van der Waals surface area (Å²) in [5.74, 6) is -0.867. The summed E-state index contributed by atoms with van der Waals surface area (Å²) in [6, 6.07) is 12.9. The van der Waals surface area contributed by atoms with Gasteiger partial charge >= 0.3 is 11.8 Å². The average Bonchev–Trinajstić information content (AvgIpc) is 3.08. The molecule has 0 spiro atoms. The Morgan fingerprint density at radius 1 is 1.19 bits per heavy atom. The maximum atomic E-state index is 12.2. The zero-order valence-electron chi connectivity index (χ0n) is 14.2. The molecule has 4 nitrogen and oxygen atoms in total. The number of halogens is 1. The van der Waals surface area contributed by atoms with Crippen LogP contribution in [0.15, 0.2) is 66.3 Å². The lowest BCUT2D eigenvalue weighted by Crippen LogP contribution is -2.38. The Labute approximate surface area is 156 Å². The van der Waals surface area contributed by atoms with E-state index in [1.807, 2.05) is 42.5 Å². The topological polar surface area (TPSA) is 44.8 Å². The molecule has 0 N–H and O–H groups in total. The van der Waals surface area contributed by atoms with E-state index in [-0.39, 0.29) is 5.56 Å². The molecule has 0 saturated heterocycles. The van der Waals surface area contributed by atoms with Gasteiger partial charge in [-0.15, -0.1) is 0 Å². The van der Waals surface area contributed by atoms with Gasteiger partial charge in [-0.25, -0.2) is 4.79 Å². The Morgan fingerprint density at radius 2 is 2.00 bits per heavy atom. The van der Waals surface area contributed by atoms with Gasteiger partial charge in [-0.1, -0.05) is 60.2 Å². The minimum absolute atomic E-state index is 0.250. The van der Waals surface area contributed by atoms with Crippen LogP contribution in [0.4, 0.5) is 0 Å². The normalized spacial score (nSPS) is 20.6. The molecule has 1 atom stereocenters. The number of hydrogen-bond acceptors (Lipinski definition) is 4. The maximum Gasteiger partial charge on any atom is 0.341 e. The fourth-order valence-corrected chi connectivity index (χ4v) is 3.51. The Bertz CT molecular complexity index is 917. The van der Waals surface area contributed by atoms with Crippen molar-refractivity contribution in [2.75, 3.05) is 7.11 Å². The third kappa shape index (κ3) is 2.67. The highest BCUT2D eigenvalue weighted by molar-refractivity contribution is 6.31. The van der Waals surface area contributed by atoms with Gasteiger partial charge in [0.05, 0.1) is 7.11 Å². The van der Waals surface area contributed by atoms with E-state index >= 15 is 0 Å². The Balaban J connectivity index is 1.89. The van der Waals surface area contributed by atoms with E-state index in [1.54, 1.807) is 6.07 Å². The van der Waals surface area contributed by atoms with Crippen molar-refractivity contribution in [1.82, 2.24) is 0 Å². The molecule has 0 aromatic heterocycles. The molecule has 2 aromatic carbocycles. The minimum atomic E-state index is -1.12. The van der Waals surface area contributed by atoms with Gasteiger partial charge in [0, 0.05) is 22.2 Å². The molecule has 5 heteroatoms. The van der Waals surface area contributed by atoms with E-state index < -0.39 is 11.8 Å². The van der Waals surface area contributed by atoms with Crippen LogP contribution in [0.1, 0.15) is 28.8 Å². The van der Waals surface area contributed by atoms with Crippen LogP contribution in [0.3, 0.4) is 0 Å². The molecular weight excluding hydrogens is 352 g/mol. The molecule has 4 rings (SSSR count). The maximum absolute atomic E-state index is 12.2. The number of ether oxygens (including phenoxy) is 3. The summed E-state index contributed by atoms with van der Waals surface area (Å²) in [6.45, 7) is 0. The van der Waals surface area contributed by atoms with Crippen LogP contribution in [0.25, 0.3) is 0 Å². The number of benzene rings is 2. The lowest BCUT2D eigenvalue weighted by molar-refractivity contribution is -0.0530. The number of rotatable bonds is 3. The predicted octanol–water partition coefficient (Wildman–Crippen LogP) is 5.03. The fraction of sp³-hybridized carbons (Fsp3) is 0.190. The zero-order chi connectivity index (χ0) is 18.1. The van der Waals surface area contributed by atoms with Crippen molar-refractivity contribution >= 4 is 17.6 Å². The number of carbonyl (C=O) groups excluding carboxylic acids is 1. The average molecular weight is 369 g/mol. The third-order valence-electron chi connectivity index (χ3n) is 4.51. The standard InChI is InChI=1S/C21H17ClO4/c1-24-20(23)17-12-16(22)13-18-19(17)26-21(25-18,14-8-4-2-5-9-14)15-10-6-3-7-11-15/h2-6,8-10,12-13H,7,11H2,1H3. The summed E-state index contributed by atoms with van der Waals surface area (Å²) in [7, 11) is 1.32. The number of methoxy groups -OCH3 is 1. The van der Waals surface area contributed by atoms with Gasteiger partial charge < -0.3 is 14.2 Å². The van der Waals surface area contributed by atoms with Crippen molar-refractivity contribution in [3.05, 3.63) is 82.4 Å². The second kappa shape index (κ2) is 6.54. The Kier molecular flexibility index (Phi) is 4.21. The van der Waals surface area contributed by atoms with Crippen LogP contribution in [0, 0.1) is 0 Å². The van der Waals surface area contributed by atoms with Gasteiger partial charge in [0.15, 0.2) is 11.5 Å². The SMILES string of the molecule is COC(=O)c1cc(Cl)cc2c1OC(C1=CC=CCC1)(c1ccccc1)O2. The van der Waals surface area contributed by atoms with Crippen LogP contribution in [0.2, 0.25) is 5.02 Å². The molecule has 0 bridgehead atoms. The van der Waals surface area contributed by atoms with E-state index in [1.165, 1.54) is 13.2 Å². The summed E-state index contributed by atoms with van der Waals surface area (Å²) in [5, 5.41) is 0.383. The van der Waals surface area contributed by atoms with Crippen LogP contribution >= 0.6 is 11.6 Å². The third-order valence-corrected chi connectivity index (χ3v) is 4.73. The van der Waals surface area contributed by atoms with E-state index in [9.17, 15) is 4.79 Å². The Hall–Kier alpha value is -2.72. The highest BCUT2D eigenvalue weighted by Crippen LogP contribution is 2.51. The van der Waals surface area contributed by atoms with Crippen LogP contribution in [0.5, 0.6) is 11.5 Å². The summed E-state index contributed by atoms with van der Waals surface area (Å²) < 4.78 is 17.5. The number of allylic oxidation sites excluding steroid dienone is 3. The van der Waals surface area contributed by atoms with E-state index in [0.717, 1.165) is 24.0 Å². The summed E-state index contributed by atoms with van der Waals surface area (Å²) >= 11 is 6.19. The molecule has 2 aromatic rings. The lowest BCUT2D eigenvalue weighted by atomic mass is 9.91. The molecule has 26 heavy (non-hydrogen) atoms. The Morgan fingerprint density at radius 3 is 2.69 bits per heavy atom. The molecular formula is C21H17ClO4. The molecule has 1 aliphatic heterocycles. The number of fused-ring (bicyclic) bond motifs is 1. The predicted molar refractivity (Wildman–Crippen MR) is 98.6 cm³/mol. The summed E-state index contributed by atoms with van der Waals surface area (Å²) in [6.07, 6.45) is 7.78. The van der Waals surface area contributed by atoms with Crippen molar-refractivity contribution in [2.45, 2.75) is 18.6 Å². The largest absolute Gasteiger partial charge is 0.465 e. The zero-order valence-corrected chi connectivity index (χ0v) is 15.0. The molecule has 0 fully saturated rings. The molecule has 1 heterocycles. The lowest BCUT2D eigenvalue weighted by Gasteiger charge is -2.31. The minimum Gasteiger partial charge on any atom is -0.465 e. The first-order valence-corrected chi connectivity index (χ1v) is 8.73. The van der Waals surface area contributed by atoms with Gasteiger partial charge in [-0.3, -0.25) is 0 Å². The monoisotopic (exact) mass is 368 g/mol. The molecule has 1 unspecified atom stereocenters.